The van der Waals surface area contributed by atoms with Crippen LogP contribution in [-0.4, -0.2) is 18.4 Å². The number of anilines is 1. The van der Waals surface area contributed by atoms with E-state index in [1.165, 1.54) is 0 Å². The third-order valence-corrected chi connectivity index (χ3v) is 2.67. The summed E-state index contributed by atoms with van der Waals surface area (Å²) < 4.78 is 0. The van der Waals surface area contributed by atoms with E-state index in [-0.39, 0.29) is 6.61 Å². The average Bonchev–Trinajstić information content (AvgIpc) is 2.46. The molecule has 3 nitrogen and oxygen atoms in total. The molecular weight excluding hydrogens is 224 g/mol. The Morgan fingerprint density at radius 3 is 2.33 bits per heavy atom. The molecule has 0 heterocycles. The van der Waals surface area contributed by atoms with Gasteiger partial charge < -0.3 is 5.11 Å². The number of hydrogen-bond donors (Lipinski definition) is 1. The summed E-state index contributed by atoms with van der Waals surface area (Å²) in [7, 11) is 1.90. The average molecular weight is 240 g/mol. The van der Waals surface area contributed by atoms with E-state index in [0.717, 1.165) is 16.8 Å². The zero-order valence-corrected chi connectivity index (χ0v) is 10.3. The topological polar surface area (TPSA) is 35.8 Å². The molecule has 2 aromatic rings. The quantitative estimate of drug-likeness (QED) is 0.658. The first-order valence-corrected chi connectivity index (χ1v) is 5.82. The zero-order chi connectivity index (χ0) is 12.8. The van der Waals surface area contributed by atoms with Crippen molar-refractivity contribution < 1.29 is 5.11 Å². The maximum atomic E-state index is 8.98. The highest BCUT2D eigenvalue weighted by molar-refractivity contribution is 5.80. The van der Waals surface area contributed by atoms with Crippen molar-refractivity contribution in [1.82, 2.24) is 0 Å². The fraction of sp³-hybridized carbons (Fsp3) is 0.133. The van der Waals surface area contributed by atoms with E-state index in [0.29, 0.717) is 0 Å². The number of benzene rings is 2. The first kappa shape index (κ1) is 12.3. The normalized spacial score (nSPS) is 10.8. The van der Waals surface area contributed by atoms with E-state index in [4.69, 9.17) is 5.11 Å². The summed E-state index contributed by atoms with van der Waals surface area (Å²) in [6.07, 6.45) is 1.82. The highest BCUT2D eigenvalue weighted by Gasteiger charge is 1.97. The Morgan fingerprint density at radius 2 is 1.72 bits per heavy atom. The molecule has 0 bridgehead atoms. The first-order valence-electron chi connectivity index (χ1n) is 5.82. The maximum absolute atomic E-state index is 8.98. The smallest absolute Gasteiger partial charge is 0.0681 e. The van der Waals surface area contributed by atoms with Crippen LogP contribution < -0.4 is 5.01 Å². The SMILES string of the molecule is CN(N=Cc1ccccc1)c1ccc(CO)cc1. The minimum Gasteiger partial charge on any atom is -0.392 e. The fourth-order valence-electron chi connectivity index (χ4n) is 1.58. The summed E-state index contributed by atoms with van der Waals surface area (Å²) in [5.74, 6) is 0. The molecule has 0 fully saturated rings. The zero-order valence-electron chi connectivity index (χ0n) is 10.3. The van der Waals surface area contributed by atoms with Crippen LogP contribution >= 0.6 is 0 Å². The third kappa shape index (κ3) is 3.18. The van der Waals surface area contributed by atoms with Gasteiger partial charge in [0.15, 0.2) is 0 Å². The standard InChI is InChI=1S/C15H16N2O/c1-17(15-9-7-14(12-18)8-10-15)16-11-13-5-3-2-4-6-13/h2-11,18H,12H2,1H3. The molecule has 0 unspecified atom stereocenters. The van der Waals surface area contributed by atoms with Gasteiger partial charge in [-0.05, 0) is 23.3 Å². The van der Waals surface area contributed by atoms with Crippen LogP contribution in [0.3, 0.4) is 0 Å². The first-order chi connectivity index (χ1) is 8.79. The Hall–Kier alpha value is -2.13. The van der Waals surface area contributed by atoms with E-state index in [1.54, 1.807) is 5.01 Å². The van der Waals surface area contributed by atoms with Crippen LogP contribution in [0.2, 0.25) is 0 Å². The molecule has 1 N–H and O–H groups in total. The van der Waals surface area contributed by atoms with Crippen molar-refractivity contribution in [2.24, 2.45) is 5.10 Å². The predicted octanol–water partition coefficient (Wildman–Crippen LogP) is 2.65. The van der Waals surface area contributed by atoms with Crippen molar-refractivity contribution >= 4 is 11.9 Å². The molecule has 2 rings (SSSR count). The van der Waals surface area contributed by atoms with Gasteiger partial charge in [-0.25, -0.2) is 0 Å². The molecule has 0 aliphatic carbocycles. The Kier molecular flexibility index (Phi) is 4.10. The van der Waals surface area contributed by atoms with Gasteiger partial charge in [0.25, 0.3) is 0 Å². The molecule has 0 saturated heterocycles. The second-order valence-corrected chi connectivity index (χ2v) is 4.00. The largest absolute Gasteiger partial charge is 0.392 e. The number of aliphatic hydroxyl groups excluding tert-OH is 1. The molecule has 0 aromatic heterocycles. The number of rotatable bonds is 4. The lowest BCUT2D eigenvalue weighted by Crippen LogP contribution is -2.08. The highest BCUT2D eigenvalue weighted by Crippen LogP contribution is 2.14. The fourth-order valence-corrected chi connectivity index (χ4v) is 1.58. The minimum atomic E-state index is 0.0667. The highest BCUT2D eigenvalue weighted by atomic mass is 16.3. The lowest BCUT2D eigenvalue weighted by molar-refractivity contribution is 0.282. The number of aliphatic hydroxyl groups is 1. The van der Waals surface area contributed by atoms with E-state index < -0.39 is 0 Å². The monoisotopic (exact) mass is 240 g/mol. The maximum Gasteiger partial charge on any atom is 0.0681 e. The van der Waals surface area contributed by atoms with Crippen LogP contribution in [-0.2, 0) is 6.61 Å². The van der Waals surface area contributed by atoms with Crippen LogP contribution in [0.1, 0.15) is 11.1 Å². The van der Waals surface area contributed by atoms with Crippen molar-refractivity contribution in [1.29, 1.82) is 0 Å². The predicted molar refractivity (Wildman–Crippen MR) is 74.8 cm³/mol. The van der Waals surface area contributed by atoms with E-state index in [2.05, 4.69) is 5.10 Å². The second-order valence-electron chi connectivity index (χ2n) is 4.00. The van der Waals surface area contributed by atoms with Crippen molar-refractivity contribution in [2.45, 2.75) is 6.61 Å². The van der Waals surface area contributed by atoms with E-state index in [1.807, 2.05) is 67.9 Å². The molecule has 0 aliphatic heterocycles. The third-order valence-electron chi connectivity index (χ3n) is 2.67. The van der Waals surface area contributed by atoms with Crippen molar-refractivity contribution in [3.8, 4) is 0 Å². The summed E-state index contributed by atoms with van der Waals surface area (Å²) in [5.41, 5.74) is 2.95. The summed E-state index contributed by atoms with van der Waals surface area (Å²) in [6, 6.07) is 17.6. The molecule has 0 saturated carbocycles. The lowest BCUT2D eigenvalue weighted by atomic mass is 10.2. The van der Waals surface area contributed by atoms with Gasteiger partial charge in [0.1, 0.15) is 0 Å². The summed E-state index contributed by atoms with van der Waals surface area (Å²) in [6.45, 7) is 0.0667. The van der Waals surface area contributed by atoms with E-state index in [9.17, 15) is 0 Å². The Morgan fingerprint density at radius 1 is 1.06 bits per heavy atom. The summed E-state index contributed by atoms with van der Waals surface area (Å²) in [4.78, 5) is 0. The van der Waals surface area contributed by atoms with Crippen LogP contribution in [0.5, 0.6) is 0 Å². The Bertz CT molecular complexity index is 506. The number of hydrazone groups is 1. The number of hydrogen-bond acceptors (Lipinski definition) is 3. The second kappa shape index (κ2) is 5.98. The van der Waals surface area contributed by atoms with Gasteiger partial charge in [0, 0.05) is 7.05 Å². The molecule has 0 aliphatic rings. The minimum absolute atomic E-state index is 0.0667. The summed E-state index contributed by atoms with van der Waals surface area (Å²) >= 11 is 0. The van der Waals surface area contributed by atoms with Gasteiger partial charge in [0.05, 0.1) is 18.5 Å². The molecule has 18 heavy (non-hydrogen) atoms. The lowest BCUT2D eigenvalue weighted by Gasteiger charge is -2.12. The molecule has 0 radical (unpaired) electrons. The van der Waals surface area contributed by atoms with Crippen molar-refractivity contribution in [3.05, 3.63) is 65.7 Å². The van der Waals surface area contributed by atoms with Crippen LogP contribution in [0.25, 0.3) is 0 Å². The Balaban J connectivity index is 2.07. The van der Waals surface area contributed by atoms with Gasteiger partial charge in [-0.15, -0.1) is 0 Å². The van der Waals surface area contributed by atoms with Gasteiger partial charge in [-0.1, -0.05) is 42.5 Å². The van der Waals surface area contributed by atoms with Gasteiger partial charge in [0.2, 0.25) is 0 Å². The molecule has 0 atom stereocenters. The molecule has 0 spiro atoms. The van der Waals surface area contributed by atoms with Gasteiger partial charge in [-0.2, -0.15) is 5.10 Å². The molecule has 0 amide bonds. The number of nitrogens with zero attached hydrogens (tertiary/aromatic N) is 2. The summed E-state index contributed by atoms with van der Waals surface area (Å²) in [5, 5.41) is 15.1. The van der Waals surface area contributed by atoms with Gasteiger partial charge in [-0.3, -0.25) is 5.01 Å². The molecule has 3 heteroatoms. The van der Waals surface area contributed by atoms with Crippen molar-refractivity contribution in [2.75, 3.05) is 12.1 Å². The van der Waals surface area contributed by atoms with Crippen LogP contribution in [0.15, 0.2) is 59.7 Å². The van der Waals surface area contributed by atoms with Gasteiger partial charge >= 0.3 is 0 Å². The molecule has 92 valence electrons. The molecular formula is C15H16N2O. The molecule has 2 aromatic carbocycles. The Labute approximate surface area is 107 Å². The van der Waals surface area contributed by atoms with Crippen molar-refractivity contribution in [3.63, 3.8) is 0 Å². The van der Waals surface area contributed by atoms with E-state index >= 15 is 0 Å². The van der Waals surface area contributed by atoms with Crippen LogP contribution in [0.4, 0.5) is 5.69 Å². The van der Waals surface area contributed by atoms with Crippen LogP contribution in [0, 0.1) is 0 Å².